The fourth-order valence-corrected chi connectivity index (χ4v) is 5.52. The number of alkyl carbamates (subject to hydrolysis) is 2. The van der Waals surface area contributed by atoms with E-state index in [4.69, 9.17) is 14.2 Å². The number of benzene rings is 2. The van der Waals surface area contributed by atoms with Crippen molar-refractivity contribution >= 4 is 40.7 Å². The average Bonchev–Trinajstić information content (AvgIpc) is 2.98. The number of halogens is 1. The molecule has 3 rings (SSSR count). The first-order chi connectivity index (χ1) is 20.5. The highest BCUT2D eigenvalue weighted by atomic mass is 127. The largest absolute Gasteiger partial charge is 0.459 e. The van der Waals surface area contributed by atoms with E-state index >= 15 is 0 Å². The number of nitrogens with zero attached hydrogens (tertiary/aromatic N) is 1. The number of piperidine rings is 1. The highest BCUT2D eigenvalue weighted by Crippen LogP contribution is 2.30. The number of allylic oxidation sites excluding steroid dienone is 1. The summed E-state index contributed by atoms with van der Waals surface area (Å²) in [6.07, 6.45) is 2.32. The van der Waals surface area contributed by atoms with Crippen LogP contribution in [0.4, 0.5) is 9.59 Å². The summed E-state index contributed by atoms with van der Waals surface area (Å²) in [5, 5.41) is 5.65. The van der Waals surface area contributed by atoms with E-state index in [2.05, 4.69) is 44.7 Å². The summed E-state index contributed by atoms with van der Waals surface area (Å²) < 4.78 is 16.6. The zero-order valence-corrected chi connectivity index (χ0v) is 27.6. The maximum absolute atomic E-state index is 13.5. The first-order valence-corrected chi connectivity index (χ1v) is 16.0. The van der Waals surface area contributed by atoms with Gasteiger partial charge in [0.2, 0.25) is 0 Å². The number of amides is 2. The molecule has 0 bridgehead atoms. The van der Waals surface area contributed by atoms with Crippen LogP contribution in [0.15, 0.2) is 72.9 Å². The monoisotopic (exact) mass is 705 g/mol. The number of nitrogens with one attached hydrogen (secondary N) is 2. The Morgan fingerprint density at radius 1 is 0.907 bits per heavy atom. The molecule has 0 aliphatic carbocycles. The van der Waals surface area contributed by atoms with Gasteiger partial charge in [0.15, 0.2) is 0 Å². The smallest absolute Gasteiger partial charge is 0.408 e. The molecule has 1 aliphatic heterocycles. The Balaban J connectivity index is 1.52. The van der Waals surface area contributed by atoms with Crippen LogP contribution in [0.1, 0.15) is 64.0 Å². The summed E-state index contributed by atoms with van der Waals surface area (Å²) in [5.41, 5.74) is 1.000. The van der Waals surface area contributed by atoms with Crippen LogP contribution in [0.25, 0.3) is 0 Å². The van der Waals surface area contributed by atoms with Gasteiger partial charge in [-0.2, -0.15) is 0 Å². The molecule has 1 atom stereocenters. The van der Waals surface area contributed by atoms with Crippen LogP contribution in [-0.2, 0) is 32.2 Å². The molecule has 1 heterocycles. The van der Waals surface area contributed by atoms with Gasteiger partial charge in [-0.1, -0.05) is 96.3 Å². The van der Waals surface area contributed by atoms with Crippen molar-refractivity contribution in [1.82, 2.24) is 15.5 Å². The van der Waals surface area contributed by atoms with Crippen molar-refractivity contribution < 1.29 is 28.6 Å². The van der Waals surface area contributed by atoms with Gasteiger partial charge in [0.1, 0.15) is 24.4 Å². The SMILES string of the molecule is C=C([C@H](I)CCCCNC(=O)OC(C)(C)C)N1CCC(NC(=O)OCc2ccccc2)(C(=O)OCc2ccccc2)CC1. The Morgan fingerprint density at radius 2 is 1.47 bits per heavy atom. The lowest BCUT2D eigenvalue weighted by Gasteiger charge is -2.42. The molecule has 0 unspecified atom stereocenters. The number of hydrogen-bond donors (Lipinski definition) is 2. The van der Waals surface area contributed by atoms with Crippen LogP contribution in [-0.4, -0.2) is 57.8 Å². The van der Waals surface area contributed by atoms with E-state index in [-0.39, 0.29) is 17.1 Å². The summed E-state index contributed by atoms with van der Waals surface area (Å²) in [6.45, 7) is 11.7. The van der Waals surface area contributed by atoms with E-state index in [9.17, 15) is 14.4 Å². The molecule has 1 aliphatic rings. The van der Waals surface area contributed by atoms with E-state index < -0.39 is 29.3 Å². The van der Waals surface area contributed by atoms with Gasteiger partial charge in [-0.25, -0.2) is 14.4 Å². The minimum absolute atomic E-state index is 0.106. The second-order valence-electron chi connectivity index (χ2n) is 11.7. The summed E-state index contributed by atoms with van der Waals surface area (Å²) in [4.78, 5) is 40.3. The maximum atomic E-state index is 13.5. The van der Waals surface area contributed by atoms with Crippen molar-refractivity contribution in [3.63, 3.8) is 0 Å². The summed E-state index contributed by atoms with van der Waals surface area (Å²) >= 11 is 2.40. The van der Waals surface area contributed by atoms with E-state index in [0.29, 0.717) is 32.5 Å². The van der Waals surface area contributed by atoms with Crippen molar-refractivity contribution in [3.8, 4) is 0 Å². The summed E-state index contributed by atoms with van der Waals surface area (Å²) in [6, 6.07) is 18.9. The highest BCUT2D eigenvalue weighted by molar-refractivity contribution is 14.1. The average molecular weight is 706 g/mol. The molecule has 9 nitrogen and oxygen atoms in total. The van der Waals surface area contributed by atoms with E-state index in [1.165, 1.54) is 0 Å². The van der Waals surface area contributed by atoms with Gasteiger partial charge < -0.3 is 29.7 Å². The second kappa shape index (κ2) is 16.5. The third kappa shape index (κ3) is 11.7. The molecule has 0 saturated carbocycles. The predicted octanol–water partition coefficient (Wildman–Crippen LogP) is 6.50. The van der Waals surface area contributed by atoms with Gasteiger partial charge in [0.05, 0.1) is 3.92 Å². The molecule has 0 aromatic heterocycles. The quantitative estimate of drug-likeness (QED) is 0.0806. The molecule has 2 N–H and O–H groups in total. The van der Waals surface area contributed by atoms with Crippen LogP contribution in [0.2, 0.25) is 0 Å². The van der Waals surface area contributed by atoms with Gasteiger partial charge in [0.25, 0.3) is 0 Å². The molecule has 234 valence electrons. The lowest BCUT2D eigenvalue weighted by molar-refractivity contribution is -0.155. The molecule has 10 heteroatoms. The molecule has 43 heavy (non-hydrogen) atoms. The standard InChI is InChI=1S/C33H44IN3O6/c1-25(28(34)17-11-12-20-35-30(39)43-32(2,3)4)37-21-18-33(19-22-37,29(38)41-23-26-13-7-5-8-14-26)36-31(40)42-24-27-15-9-6-10-16-27/h5-10,13-16,28H,1,11-12,17-24H2,2-4H3,(H,35,39)(H,36,40)/t28-/m1/s1. The zero-order chi connectivity index (χ0) is 31.3. The fourth-order valence-electron chi connectivity index (χ4n) is 4.69. The van der Waals surface area contributed by atoms with Crippen molar-refractivity contribution in [3.05, 3.63) is 84.1 Å². The number of alkyl halides is 1. The Kier molecular flexibility index (Phi) is 13.2. The van der Waals surface area contributed by atoms with Gasteiger partial charge in [-0.15, -0.1) is 0 Å². The van der Waals surface area contributed by atoms with Gasteiger partial charge >= 0.3 is 18.2 Å². The van der Waals surface area contributed by atoms with Crippen LogP contribution in [0.5, 0.6) is 0 Å². The molecular weight excluding hydrogens is 661 g/mol. The number of esters is 1. The van der Waals surface area contributed by atoms with Crippen LogP contribution < -0.4 is 10.6 Å². The molecule has 1 fully saturated rings. The first kappa shape index (κ1) is 34.2. The van der Waals surface area contributed by atoms with Crippen LogP contribution in [0, 0.1) is 0 Å². The van der Waals surface area contributed by atoms with Crippen molar-refractivity contribution in [2.45, 2.75) is 81.2 Å². The Hall–Kier alpha value is -3.28. The minimum atomic E-state index is -1.20. The number of likely N-dealkylation sites (tertiary alicyclic amines) is 1. The molecule has 0 spiro atoms. The summed E-state index contributed by atoms with van der Waals surface area (Å²) in [5.74, 6) is -0.471. The number of rotatable bonds is 13. The van der Waals surface area contributed by atoms with Crippen LogP contribution in [0.3, 0.4) is 0 Å². The number of unbranched alkanes of at least 4 members (excludes halogenated alkanes) is 1. The van der Waals surface area contributed by atoms with Gasteiger partial charge in [0, 0.05) is 25.3 Å². The molecule has 2 amide bonds. The van der Waals surface area contributed by atoms with E-state index in [1.54, 1.807) is 0 Å². The minimum Gasteiger partial charge on any atom is -0.459 e. The fraction of sp³-hybridized carbons (Fsp3) is 0.485. The topological polar surface area (TPSA) is 106 Å². The van der Waals surface area contributed by atoms with Crippen molar-refractivity contribution in [1.29, 1.82) is 0 Å². The van der Waals surface area contributed by atoms with Crippen molar-refractivity contribution in [2.24, 2.45) is 0 Å². The number of ether oxygens (including phenoxy) is 3. The Morgan fingerprint density at radius 3 is 2.02 bits per heavy atom. The number of hydrogen-bond acceptors (Lipinski definition) is 7. The lowest BCUT2D eigenvalue weighted by Crippen LogP contribution is -2.60. The number of carbonyl (C=O) groups excluding carboxylic acids is 3. The molecular formula is C33H44IN3O6. The molecule has 2 aromatic carbocycles. The highest BCUT2D eigenvalue weighted by Gasteiger charge is 2.45. The normalized spacial score (nSPS) is 15.1. The van der Waals surface area contributed by atoms with Gasteiger partial charge in [-0.3, -0.25) is 0 Å². The Labute approximate surface area is 268 Å². The molecule has 1 saturated heterocycles. The Bertz CT molecular complexity index is 1190. The first-order valence-electron chi connectivity index (χ1n) is 14.7. The summed E-state index contributed by atoms with van der Waals surface area (Å²) in [7, 11) is 0. The molecule has 0 radical (unpaired) electrons. The van der Waals surface area contributed by atoms with Crippen LogP contribution >= 0.6 is 22.6 Å². The van der Waals surface area contributed by atoms with Crippen molar-refractivity contribution in [2.75, 3.05) is 19.6 Å². The predicted molar refractivity (Wildman–Crippen MR) is 175 cm³/mol. The third-order valence-corrected chi connectivity index (χ3v) is 8.44. The third-order valence-electron chi connectivity index (χ3n) is 7.09. The van der Waals surface area contributed by atoms with Gasteiger partial charge in [-0.05, 0) is 57.6 Å². The molecule has 2 aromatic rings. The second-order valence-corrected chi connectivity index (χ2v) is 13.2. The number of carbonyl (C=O) groups is 3. The maximum Gasteiger partial charge on any atom is 0.408 e. The zero-order valence-electron chi connectivity index (χ0n) is 25.4. The van der Waals surface area contributed by atoms with E-state index in [1.807, 2.05) is 81.4 Å². The lowest BCUT2D eigenvalue weighted by atomic mass is 9.87. The van der Waals surface area contributed by atoms with E-state index in [0.717, 1.165) is 36.1 Å².